The van der Waals surface area contributed by atoms with Crippen molar-refractivity contribution in [1.82, 2.24) is 9.21 Å². The monoisotopic (exact) mass is 458 g/mol. The summed E-state index contributed by atoms with van der Waals surface area (Å²) in [6, 6.07) is 20.1. The summed E-state index contributed by atoms with van der Waals surface area (Å²) in [5.74, 6) is -0.0579. The number of carbonyl (C=O) groups excluding carboxylic acids is 1. The maximum atomic E-state index is 13.0. The fraction of sp³-hybridized carbons (Fsp3) is 0.190. The summed E-state index contributed by atoms with van der Waals surface area (Å²) in [5, 5.41) is 1.93. The van der Waals surface area contributed by atoms with E-state index in [9.17, 15) is 13.2 Å². The van der Waals surface area contributed by atoms with Gasteiger partial charge in [-0.2, -0.15) is 4.31 Å². The summed E-state index contributed by atoms with van der Waals surface area (Å²) < 4.78 is 27.9. The first-order chi connectivity index (χ1) is 13.5. The van der Waals surface area contributed by atoms with E-state index in [0.717, 1.165) is 15.2 Å². The van der Waals surface area contributed by atoms with Crippen molar-refractivity contribution < 1.29 is 13.2 Å². The lowest BCUT2D eigenvalue weighted by Gasteiger charge is -2.34. The highest BCUT2D eigenvalue weighted by atomic mass is 79.9. The van der Waals surface area contributed by atoms with Crippen LogP contribution in [0.3, 0.4) is 0 Å². The van der Waals surface area contributed by atoms with Gasteiger partial charge >= 0.3 is 0 Å². The van der Waals surface area contributed by atoms with Crippen LogP contribution in [0.15, 0.2) is 76.1 Å². The van der Waals surface area contributed by atoms with Crippen molar-refractivity contribution in [3.8, 4) is 0 Å². The van der Waals surface area contributed by atoms with Crippen LogP contribution in [0.1, 0.15) is 10.4 Å². The molecule has 1 amide bonds. The van der Waals surface area contributed by atoms with Gasteiger partial charge in [0.15, 0.2) is 0 Å². The van der Waals surface area contributed by atoms with Gasteiger partial charge in [-0.1, -0.05) is 52.3 Å². The van der Waals surface area contributed by atoms with E-state index in [1.54, 1.807) is 29.2 Å². The van der Waals surface area contributed by atoms with Crippen LogP contribution in [0.4, 0.5) is 0 Å². The predicted molar refractivity (Wildman–Crippen MR) is 113 cm³/mol. The molecular weight excluding hydrogens is 440 g/mol. The van der Waals surface area contributed by atoms with Gasteiger partial charge < -0.3 is 4.90 Å². The number of amides is 1. The van der Waals surface area contributed by atoms with Crippen molar-refractivity contribution in [3.05, 3.63) is 76.8 Å². The van der Waals surface area contributed by atoms with Crippen LogP contribution in [0.5, 0.6) is 0 Å². The standard InChI is InChI=1S/C21H19BrN2O3S/c22-17-8-10-18(11-9-17)28(26,27)24-14-12-23(13-15-24)21(25)20-7-3-5-16-4-1-2-6-19(16)20/h1-11H,12-15H2. The molecule has 0 unspecified atom stereocenters. The van der Waals surface area contributed by atoms with Gasteiger partial charge in [0.25, 0.3) is 5.91 Å². The number of hydrogen-bond donors (Lipinski definition) is 0. The van der Waals surface area contributed by atoms with Gasteiger partial charge in [0.2, 0.25) is 10.0 Å². The van der Waals surface area contributed by atoms with Gasteiger partial charge in [0.1, 0.15) is 0 Å². The minimum absolute atomic E-state index is 0.0579. The topological polar surface area (TPSA) is 57.7 Å². The van der Waals surface area contributed by atoms with Crippen LogP contribution in [0.25, 0.3) is 10.8 Å². The molecule has 0 N–H and O–H groups in total. The summed E-state index contributed by atoms with van der Waals surface area (Å²) in [6.07, 6.45) is 0. The second-order valence-electron chi connectivity index (χ2n) is 6.68. The third-order valence-corrected chi connectivity index (χ3v) is 7.44. The molecule has 5 nitrogen and oxygen atoms in total. The zero-order valence-corrected chi connectivity index (χ0v) is 17.5. The van der Waals surface area contributed by atoms with E-state index in [-0.39, 0.29) is 23.9 Å². The number of carbonyl (C=O) groups is 1. The first kappa shape index (κ1) is 19.1. The SMILES string of the molecule is O=C(c1cccc2ccccc12)N1CCN(S(=O)(=O)c2ccc(Br)cc2)CC1. The number of nitrogens with zero attached hydrogens (tertiary/aromatic N) is 2. The molecule has 0 bridgehead atoms. The minimum atomic E-state index is -3.55. The summed E-state index contributed by atoms with van der Waals surface area (Å²) in [4.78, 5) is 15.0. The van der Waals surface area contributed by atoms with E-state index in [1.807, 2.05) is 42.5 Å². The molecule has 0 radical (unpaired) electrons. The molecule has 0 spiro atoms. The quantitative estimate of drug-likeness (QED) is 0.600. The Balaban J connectivity index is 1.51. The Labute approximate surface area is 172 Å². The summed E-state index contributed by atoms with van der Waals surface area (Å²) >= 11 is 3.32. The normalized spacial score (nSPS) is 15.7. The van der Waals surface area contributed by atoms with E-state index in [2.05, 4.69) is 15.9 Å². The molecule has 7 heteroatoms. The van der Waals surface area contributed by atoms with Crippen molar-refractivity contribution in [2.75, 3.05) is 26.2 Å². The molecule has 0 saturated carbocycles. The molecule has 144 valence electrons. The van der Waals surface area contributed by atoms with E-state index in [0.29, 0.717) is 18.7 Å². The third kappa shape index (κ3) is 3.57. The summed E-state index contributed by atoms with van der Waals surface area (Å²) in [6.45, 7) is 1.32. The minimum Gasteiger partial charge on any atom is -0.336 e. The molecule has 0 atom stereocenters. The number of sulfonamides is 1. The molecule has 4 rings (SSSR count). The van der Waals surface area contributed by atoms with Gasteiger partial charge in [-0.05, 0) is 41.1 Å². The fourth-order valence-electron chi connectivity index (χ4n) is 3.47. The van der Waals surface area contributed by atoms with Crippen molar-refractivity contribution in [2.45, 2.75) is 4.90 Å². The van der Waals surface area contributed by atoms with Crippen LogP contribution >= 0.6 is 15.9 Å². The van der Waals surface area contributed by atoms with Crippen LogP contribution in [0, 0.1) is 0 Å². The Hall–Kier alpha value is -2.22. The first-order valence-corrected chi connectivity index (χ1v) is 11.2. The Morgan fingerprint density at radius 3 is 2.18 bits per heavy atom. The number of hydrogen-bond acceptors (Lipinski definition) is 3. The highest BCUT2D eigenvalue weighted by Crippen LogP contribution is 2.23. The molecule has 0 aliphatic carbocycles. The highest BCUT2D eigenvalue weighted by Gasteiger charge is 2.30. The molecular formula is C21H19BrN2O3S. The van der Waals surface area contributed by atoms with Crippen molar-refractivity contribution in [3.63, 3.8) is 0 Å². The summed E-state index contributed by atoms with van der Waals surface area (Å²) in [7, 11) is -3.55. The smallest absolute Gasteiger partial charge is 0.254 e. The lowest BCUT2D eigenvalue weighted by molar-refractivity contribution is 0.0700. The van der Waals surface area contributed by atoms with Crippen molar-refractivity contribution >= 4 is 42.6 Å². The van der Waals surface area contributed by atoms with Crippen LogP contribution in [-0.4, -0.2) is 49.7 Å². The number of rotatable bonds is 3. The Morgan fingerprint density at radius 1 is 0.821 bits per heavy atom. The number of halogens is 1. The molecule has 1 aliphatic rings. The second-order valence-corrected chi connectivity index (χ2v) is 9.53. The Morgan fingerprint density at radius 2 is 1.46 bits per heavy atom. The van der Waals surface area contributed by atoms with Crippen molar-refractivity contribution in [2.24, 2.45) is 0 Å². The summed E-state index contributed by atoms with van der Waals surface area (Å²) in [5.41, 5.74) is 0.655. The molecule has 28 heavy (non-hydrogen) atoms. The Bertz CT molecular complexity index is 1120. The average Bonchev–Trinajstić information content (AvgIpc) is 2.73. The molecule has 3 aromatic carbocycles. The molecule has 1 heterocycles. The molecule has 1 saturated heterocycles. The Kier molecular flexibility index (Phi) is 5.23. The van der Waals surface area contributed by atoms with E-state index in [1.165, 1.54) is 4.31 Å². The van der Waals surface area contributed by atoms with Gasteiger partial charge in [-0.3, -0.25) is 4.79 Å². The zero-order chi connectivity index (χ0) is 19.7. The van der Waals surface area contributed by atoms with Gasteiger partial charge in [-0.25, -0.2) is 8.42 Å². The van der Waals surface area contributed by atoms with Crippen LogP contribution in [0.2, 0.25) is 0 Å². The zero-order valence-electron chi connectivity index (χ0n) is 15.1. The first-order valence-electron chi connectivity index (χ1n) is 8.99. The van der Waals surface area contributed by atoms with Crippen LogP contribution in [-0.2, 0) is 10.0 Å². The highest BCUT2D eigenvalue weighted by molar-refractivity contribution is 9.10. The molecule has 0 aromatic heterocycles. The van der Waals surface area contributed by atoms with Gasteiger partial charge in [0, 0.05) is 36.2 Å². The van der Waals surface area contributed by atoms with Crippen LogP contribution < -0.4 is 0 Å². The van der Waals surface area contributed by atoms with E-state index >= 15 is 0 Å². The number of fused-ring (bicyclic) bond motifs is 1. The van der Waals surface area contributed by atoms with Crippen molar-refractivity contribution in [1.29, 1.82) is 0 Å². The lowest BCUT2D eigenvalue weighted by atomic mass is 10.0. The third-order valence-electron chi connectivity index (χ3n) is 5.00. The van der Waals surface area contributed by atoms with Gasteiger partial charge in [-0.15, -0.1) is 0 Å². The molecule has 1 fully saturated rings. The molecule has 1 aliphatic heterocycles. The predicted octanol–water partition coefficient (Wildman–Crippen LogP) is 3.75. The molecule has 3 aromatic rings. The van der Waals surface area contributed by atoms with E-state index < -0.39 is 10.0 Å². The van der Waals surface area contributed by atoms with Gasteiger partial charge in [0.05, 0.1) is 4.90 Å². The maximum Gasteiger partial charge on any atom is 0.254 e. The largest absolute Gasteiger partial charge is 0.336 e. The number of piperazine rings is 1. The average molecular weight is 459 g/mol. The fourth-order valence-corrected chi connectivity index (χ4v) is 5.16. The number of benzene rings is 3. The lowest BCUT2D eigenvalue weighted by Crippen LogP contribution is -2.50. The maximum absolute atomic E-state index is 13.0. The van der Waals surface area contributed by atoms with E-state index in [4.69, 9.17) is 0 Å². The second kappa shape index (κ2) is 7.66.